The van der Waals surface area contributed by atoms with Gasteiger partial charge in [-0.15, -0.1) is 0 Å². The van der Waals surface area contributed by atoms with Crippen molar-refractivity contribution in [3.8, 4) is 5.75 Å². The highest BCUT2D eigenvalue weighted by Gasteiger charge is 2.19. The molecule has 2 aromatic carbocycles. The zero-order chi connectivity index (χ0) is 19.6. The van der Waals surface area contributed by atoms with Crippen LogP contribution in [0.5, 0.6) is 5.75 Å². The number of rotatable bonds is 7. The van der Waals surface area contributed by atoms with E-state index >= 15 is 0 Å². The number of aliphatic imine (C=N–C) groups is 1. The van der Waals surface area contributed by atoms with Gasteiger partial charge in [-0.2, -0.15) is 0 Å². The summed E-state index contributed by atoms with van der Waals surface area (Å²) in [5.74, 6) is 1.83. The molecule has 1 aliphatic rings. The van der Waals surface area contributed by atoms with E-state index in [0.717, 1.165) is 44.4 Å². The Balaban J connectivity index is 1.39. The highest BCUT2D eigenvalue weighted by atomic mass is 16.5. The van der Waals surface area contributed by atoms with Crippen molar-refractivity contribution in [3.05, 3.63) is 60.2 Å². The van der Waals surface area contributed by atoms with Crippen LogP contribution in [0.1, 0.15) is 5.56 Å². The van der Waals surface area contributed by atoms with Crippen LogP contribution >= 0.6 is 0 Å². The van der Waals surface area contributed by atoms with E-state index in [1.54, 1.807) is 7.11 Å². The van der Waals surface area contributed by atoms with Crippen molar-refractivity contribution in [2.45, 2.75) is 6.61 Å². The standard InChI is InChI=1S/C22H30N4O2/c1-23-22(24-11-16-28-18-19-7-4-3-5-8-19)26-14-12-25(13-15-26)20-9-6-10-21(17-20)27-2/h3-10,17H,11-16,18H2,1-2H3,(H,23,24). The summed E-state index contributed by atoms with van der Waals surface area (Å²) < 4.78 is 11.1. The maximum atomic E-state index is 5.74. The normalized spacial score (nSPS) is 14.9. The van der Waals surface area contributed by atoms with Gasteiger partial charge in [0.1, 0.15) is 5.75 Å². The van der Waals surface area contributed by atoms with Crippen LogP contribution in [0.25, 0.3) is 0 Å². The molecular formula is C22H30N4O2. The fourth-order valence-corrected chi connectivity index (χ4v) is 3.32. The van der Waals surface area contributed by atoms with Crippen molar-refractivity contribution < 1.29 is 9.47 Å². The van der Waals surface area contributed by atoms with Crippen molar-refractivity contribution in [1.29, 1.82) is 0 Å². The van der Waals surface area contributed by atoms with Crippen LogP contribution in [0.4, 0.5) is 5.69 Å². The molecule has 150 valence electrons. The molecule has 6 heteroatoms. The summed E-state index contributed by atoms with van der Waals surface area (Å²) in [4.78, 5) is 9.11. The van der Waals surface area contributed by atoms with Gasteiger partial charge in [-0.25, -0.2) is 0 Å². The molecule has 0 radical (unpaired) electrons. The number of hydrogen-bond acceptors (Lipinski definition) is 4. The van der Waals surface area contributed by atoms with Gasteiger partial charge in [0, 0.05) is 51.5 Å². The van der Waals surface area contributed by atoms with E-state index < -0.39 is 0 Å². The average molecular weight is 383 g/mol. The maximum absolute atomic E-state index is 5.74. The summed E-state index contributed by atoms with van der Waals surface area (Å²) in [7, 11) is 3.54. The van der Waals surface area contributed by atoms with Gasteiger partial charge in [-0.1, -0.05) is 36.4 Å². The molecule has 0 saturated carbocycles. The second-order valence-corrected chi connectivity index (χ2v) is 6.69. The molecule has 0 spiro atoms. The van der Waals surface area contributed by atoms with E-state index in [4.69, 9.17) is 9.47 Å². The smallest absolute Gasteiger partial charge is 0.193 e. The fourth-order valence-electron chi connectivity index (χ4n) is 3.32. The van der Waals surface area contributed by atoms with E-state index in [-0.39, 0.29) is 0 Å². The molecule has 0 bridgehead atoms. The van der Waals surface area contributed by atoms with Crippen molar-refractivity contribution in [1.82, 2.24) is 10.2 Å². The summed E-state index contributed by atoms with van der Waals surface area (Å²) in [6.45, 7) is 5.81. The van der Waals surface area contributed by atoms with Crippen LogP contribution in [0.3, 0.4) is 0 Å². The first kappa shape index (κ1) is 20.0. The van der Waals surface area contributed by atoms with Crippen LogP contribution in [0.15, 0.2) is 59.6 Å². The number of benzene rings is 2. The van der Waals surface area contributed by atoms with Gasteiger partial charge in [-0.05, 0) is 17.7 Å². The average Bonchev–Trinajstić information content (AvgIpc) is 2.77. The zero-order valence-corrected chi connectivity index (χ0v) is 16.8. The molecule has 1 saturated heterocycles. The van der Waals surface area contributed by atoms with E-state index in [9.17, 15) is 0 Å². The number of piperazine rings is 1. The lowest BCUT2D eigenvalue weighted by Crippen LogP contribution is -2.53. The van der Waals surface area contributed by atoms with E-state index in [0.29, 0.717) is 13.2 Å². The monoisotopic (exact) mass is 382 g/mol. The third kappa shape index (κ3) is 5.63. The third-order valence-electron chi connectivity index (χ3n) is 4.85. The summed E-state index contributed by atoms with van der Waals surface area (Å²) in [5.41, 5.74) is 2.40. The highest BCUT2D eigenvalue weighted by molar-refractivity contribution is 5.80. The van der Waals surface area contributed by atoms with E-state index in [1.165, 1.54) is 11.3 Å². The van der Waals surface area contributed by atoms with Crippen LogP contribution < -0.4 is 15.0 Å². The SMILES string of the molecule is CN=C(NCCOCc1ccccc1)N1CCN(c2cccc(OC)c2)CC1. The number of guanidine groups is 1. The summed E-state index contributed by atoms with van der Waals surface area (Å²) in [6.07, 6.45) is 0. The summed E-state index contributed by atoms with van der Waals surface area (Å²) in [6, 6.07) is 18.5. The number of ether oxygens (including phenoxy) is 2. The minimum absolute atomic E-state index is 0.639. The van der Waals surface area contributed by atoms with Crippen LogP contribution in [-0.2, 0) is 11.3 Å². The van der Waals surface area contributed by atoms with E-state index in [1.807, 2.05) is 37.4 Å². The Morgan fingerprint density at radius 3 is 2.54 bits per heavy atom. The van der Waals surface area contributed by atoms with Crippen LogP contribution in [0.2, 0.25) is 0 Å². The Bertz CT molecular complexity index is 743. The number of hydrogen-bond donors (Lipinski definition) is 1. The van der Waals surface area contributed by atoms with Crippen LogP contribution in [-0.4, -0.2) is 64.3 Å². The molecule has 1 N–H and O–H groups in total. The quantitative estimate of drug-likeness (QED) is 0.453. The minimum atomic E-state index is 0.639. The second-order valence-electron chi connectivity index (χ2n) is 6.69. The Labute approximate surface area is 167 Å². The third-order valence-corrected chi connectivity index (χ3v) is 4.85. The molecule has 1 fully saturated rings. The van der Waals surface area contributed by atoms with Gasteiger partial charge in [0.05, 0.1) is 20.3 Å². The van der Waals surface area contributed by atoms with Gasteiger partial charge in [0.2, 0.25) is 0 Å². The number of nitrogens with one attached hydrogen (secondary N) is 1. The Morgan fingerprint density at radius 2 is 1.82 bits per heavy atom. The molecule has 28 heavy (non-hydrogen) atoms. The van der Waals surface area contributed by atoms with Crippen molar-refractivity contribution in [2.24, 2.45) is 4.99 Å². The molecule has 2 aromatic rings. The predicted octanol–water partition coefficient (Wildman–Crippen LogP) is 2.61. The fraction of sp³-hybridized carbons (Fsp3) is 0.409. The lowest BCUT2D eigenvalue weighted by molar-refractivity contribution is 0.125. The lowest BCUT2D eigenvalue weighted by Gasteiger charge is -2.37. The van der Waals surface area contributed by atoms with Gasteiger partial charge >= 0.3 is 0 Å². The van der Waals surface area contributed by atoms with Gasteiger partial charge < -0.3 is 24.6 Å². The molecular weight excluding hydrogens is 352 g/mol. The molecule has 0 aliphatic carbocycles. The van der Waals surface area contributed by atoms with E-state index in [2.05, 4.69) is 44.4 Å². The molecule has 0 unspecified atom stereocenters. The number of nitrogens with zero attached hydrogens (tertiary/aromatic N) is 3. The Morgan fingerprint density at radius 1 is 1.04 bits per heavy atom. The first-order valence-electron chi connectivity index (χ1n) is 9.76. The molecule has 0 atom stereocenters. The van der Waals surface area contributed by atoms with Crippen molar-refractivity contribution >= 4 is 11.6 Å². The Hall–Kier alpha value is -2.73. The molecule has 1 heterocycles. The minimum Gasteiger partial charge on any atom is -0.497 e. The van der Waals surface area contributed by atoms with Crippen molar-refractivity contribution in [2.75, 3.05) is 58.4 Å². The van der Waals surface area contributed by atoms with Gasteiger partial charge in [-0.3, -0.25) is 4.99 Å². The first-order valence-corrected chi connectivity index (χ1v) is 9.76. The predicted molar refractivity (Wildman–Crippen MR) is 114 cm³/mol. The molecule has 0 aromatic heterocycles. The molecule has 1 aliphatic heterocycles. The maximum Gasteiger partial charge on any atom is 0.193 e. The highest BCUT2D eigenvalue weighted by Crippen LogP contribution is 2.22. The summed E-state index contributed by atoms with van der Waals surface area (Å²) >= 11 is 0. The van der Waals surface area contributed by atoms with Gasteiger partial charge in [0.25, 0.3) is 0 Å². The molecule has 6 nitrogen and oxygen atoms in total. The molecule has 0 amide bonds. The second kappa shape index (κ2) is 10.6. The zero-order valence-electron chi connectivity index (χ0n) is 16.8. The Kier molecular flexibility index (Phi) is 7.55. The molecule has 3 rings (SSSR count). The largest absolute Gasteiger partial charge is 0.497 e. The van der Waals surface area contributed by atoms with Crippen molar-refractivity contribution in [3.63, 3.8) is 0 Å². The first-order chi connectivity index (χ1) is 13.8. The van der Waals surface area contributed by atoms with Gasteiger partial charge in [0.15, 0.2) is 5.96 Å². The topological polar surface area (TPSA) is 49.3 Å². The van der Waals surface area contributed by atoms with Crippen LogP contribution in [0, 0.1) is 0 Å². The lowest BCUT2D eigenvalue weighted by atomic mass is 10.2. The number of anilines is 1. The summed E-state index contributed by atoms with van der Waals surface area (Å²) in [5, 5.41) is 3.41. The number of methoxy groups -OCH3 is 1.